The zero-order valence-corrected chi connectivity index (χ0v) is 26.3. The van der Waals surface area contributed by atoms with Crippen LogP contribution < -0.4 is 10.1 Å². The van der Waals surface area contributed by atoms with Gasteiger partial charge in [0.2, 0.25) is 5.78 Å². The number of allylic oxidation sites excluding steroid dienone is 1. The molecule has 1 atom stereocenters. The number of ketones is 2. The molecule has 9 nitrogen and oxygen atoms in total. The fraction of sp³-hybridized carbons (Fsp3) is 0.371. The number of rotatable bonds is 6. The quantitative estimate of drug-likeness (QED) is 0.319. The topological polar surface area (TPSA) is 112 Å². The summed E-state index contributed by atoms with van der Waals surface area (Å²) in [5.74, 6) is -0.808. The van der Waals surface area contributed by atoms with Gasteiger partial charge in [0.15, 0.2) is 11.3 Å². The fourth-order valence-electron chi connectivity index (χ4n) is 6.96. The molecule has 0 bridgehead atoms. The molecule has 3 amide bonds. The first-order valence-corrected chi connectivity index (χ1v) is 14.9. The number of H-pyrrole nitrogens is 1. The predicted octanol–water partition coefficient (Wildman–Crippen LogP) is 4.61. The number of Topliss-reactive ketones (excluding diaryl/α,β-unsaturated/α-hetero) is 2. The number of fused-ring (bicyclic) bond motifs is 4. The summed E-state index contributed by atoms with van der Waals surface area (Å²) in [6.45, 7) is 9.66. The number of ether oxygens (including phenoxy) is 1. The summed E-state index contributed by atoms with van der Waals surface area (Å²) in [6, 6.07) is 11.6. The first-order valence-electron chi connectivity index (χ1n) is 14.9. The number of hydrogen-bond donors (Lipinski definition) is 2. The molecule has 2 heterocycles. The van der Waals surface area contributed by atoms with Crippen LogP contribution in [0.4, 0.5) is 4.79 Å². The predicted molar refractivity (Wildman–Crippen MR) is 167 cm³/mol. The highest BCUT2D eigenvalue weighted by atomic mass is 16.5. The molecule has 1 aromatic heterocycles. The molecular formula is C35H38N4O5. The Morgan fingerprint density at radius 1 is 0.977 bits per heavy atom. The number of likely N-dealkylation sites (N-methyl/N-ethyl adjacent to an activating group) is 2. The van der Waals surface area contributed by atoms with Crippen molar-refractivity contribution in [3.05, 3.63) is 92.8 Å². The van der Waals surface area contributed by atoms with E-state index in [1.165, 1.54) is 31.7 Å². The summed E-state index contributed by atoms with van der Waals surface area (Å²) in [7, 11) is 4.45. The lowest BCUT2D eigenvalue weighted by atomic mass is 9.65. The monoisotopic (exact) mass is 594 g/mol. The molecule has 44 heavy (non-hydrogen) atoms. The van der Waals surface area contributed by atoms with Gasteiger partial charge in [0, 0.05) is 50.0 Å². The third kappa shape index (κ3) is 4.17. The maximum absolute atomic E-state index is 14.6. The maximum Gasteiger partial charge on any atom is 0.327 e. The Balaban J connectivity index is 1.36. The number of hydrogen-bond acceptors (Lipinski definition) is 6. The van der Waals surface area contributed by atoms with Crippen molar-refractivity contribution < 1.29 is 23.9 Å². The number of nitrogens with one attached hydrogen (secondary N) is 2. The highest BCUT2D eigenvalue weighted by Crippen LogP contribution is 2.51. The number of nitrogens with zero attached hydrogens (tertiary/aromatic N) is 2. The normalized spacial score (nSPS) is 19.6. The van der Waals surface area contributed by atoms with E-state index in [1.54, 1.807) is 12.3 Å². The third-order valence-electron chi connectivity index (χ3n) is 9.44. The van der Waals surface area contributed by atoms with E-state index in [1.807, 2.05) is 13.0 Å². The van der Waals surface area contributed by atoms with Gasteiger partial charge in [0.1, 0.15) is 5.75 Å². The molecule has 9 heteroatoms. The van der Waals surface area contributed by atoms with Gasteiger partial charge in [0.25, 0.3) is 5.91 Å². The highest BCUT2D eigenvalue weighted by Gasteiger charge is 2.63. The first-order chi connectivity index (χ1) is 20.8. The Hall–Kier alpha value is -4.50. The van der Waals surface area contributed by atoms with Crippen LogP contribution >= 0.6 is 0 Å². The SMILES string of the molecule is COc1ccc(C)c2c1CC1(C(=O)N(C)C(=O)N1C)C1=C2C(=O)c2[nH]cc(CCNCc3ccc(C(C)(C)C)cc3)c2C1=O. The van der Waals surface area contributed by atoms with Crippen LogP contribution in [0.5, 0.6) is 5.75 Å². The van der Waals surface area contributed by atoms with E-state index in [2.05, 4.69) is 55.3 Å². The van der Waals surface area contributed by atoms with Crippen molar-refractivity contribution in [2.45, 2.75) is 58.0 Å². The smallest absolute Gasteiger partial charge is 0.327 e. The summed E-state index contributed by atoms with van der Waals surface area (Å²) in [5.41, 5.74) is 4.26. The molecule has 2 N–H and O–H groups in total. The van der Waals surface area contributed by atoms with Crippen LogP contribution in [0.3, 0.4) is 0 Å². The highest BCUT2D eigenvalue weighted by molar-refractivity contribution is 6.43. The number of carbonyl (C=O) groups is 4. The average Bonchev–Trinajstić information content (AvgIpc) is 3.49. The lowest BCUT2D eigenvalue weighted by Gasteiger charge is -2.42. The molecule has 0 saturated carbocycles. The second-order valence-corrected chi connectivity index (χ2v) is 13.0. The minimum absolute atomic E-state index is 0.0289. The summed E-state index contributed by atoms with van der Waals surface area (Å²) >= 11 is 0. The number of benzene rings is 2. The Labute approximate surface area is 257 Å². The summed E-state index contributed by atoms with van der Waals surface area (Å²) in [4.78, 5) is 61.5. The number of amides is 3. The van der Waals surface area contributed by atoms with Crippen LogP contribution in [0, 0.1) is 6.92 Å². The molecule has 2 aromatic carbocycles. The van der Waals surface area contributed by atoms with Crippen LogP contribution in [-0.2, 0) is 29.6 Å². The van der Waals surface area contributed by atoms with Crippen molar-refractivity contribution in [3.63, 3.8) is 0 Å². The lowest BCUT2D eigenvalue weighted by Crippen LogP contribution is -2.56. The molecular weight excluding hydrogens is 556 g/mol. The summed E-state index contributed by atoms with van der Waals surface area (Å²) in [5, 5.41) is 3.45. The number of imide groups is 1. The molecule has 3 aliphatic rings. The molecule has 1 saturated heterocycles. The molecule has 6 rings (SSSR count). The minimum atomic E-state index is -1.66. The van der Waals surface area contributed by atoms with Gasteiger partial charge >= 0.3 is 6.03 Å². The van der Waals surface area contributed by atoms with E-state index < -0.39 is 23.3 Å². The van der Waals surface area contributed by atoms with Gasteiger partial charge < -0.3 is 19.9 Å². The average molecular weight is 595 g/mol. The second kappa shape index (κ2) is 10.3. The van der Waals surface area contributed by atoms with Crippen molar-refractivity contribution in [3.8, 4) is 5.75 Å². The number of aryl methyl sites for hydroxylation is 1. The van der Waals surface area contributed by atoms with Gasteiger partial charge in [0.05, 0.1) is 18.4 Å². The zero-order chi connectivity index (χ0) is 31.7. The Kier molecular flexibility index (Phi) is 6.92. The lowest BCUT2D eigenvalue weighted by molar-refractivity contribution is -0.130. The number of carbonyl (C=O) groups excluding carboxylic acids is 4. The van der Waals surface area contributed by atoms with Gasteiger partial charge in [-0.15, -0.1) is 0 Å². The van der Waals surface area contributed by atoms with Crippen LogP contribution in [-0.4, -0.2) is 71.6 Å². The van der Waals surface area contributed by atoms with Crippen LogP contribution in [0.1, 0.15) is 75.0 Å². The van der Waals surface area contributed by atoms with Gasteiger partial charge in [-0.25, -0.2) is 4.79 Å². The third-order valence-corrected chi connectivity index (χ3v) is 9.44. The molecule has 3 aromatic rings. The van der Waals surface area contributed by atoms with Crippen LogP contribution in [0.25, 0.3) is 5.57 Å². The van der Waals surface area contributed by atoms with Gasteiger partial charge in [-0.2, -0.15) is 0 Å². The standard InChI is InChI=1S/C35H38N4O5/c1-19-8-13-24(44-7)23-16-35(32(42)38(5)33(43)39(35)6)28-27(25(19)23)31(41)29-26(30(28)40)21(18-37-29)14-15-36-17-20-9-11-22(12-10-20)34(2,3)4/h8-13,18,36-37H,14-17H2,1-7H3. The number of methoxy groups -OCH3 is 1. The fourth-order valence-corrected chi connectivity index (χ4v) is 6.96. The van der Waals surface area contributed by atoms with E-state index in [4.69, 9.17) is 4.74 Å². The molecule has 228 valence electrons. The molecule has 0 radical (unpaired) electrons. The van der Waals surface area contributed by atoms with Crippen molar-refractivity contribution >= 4 is 29.1 Å². The number of aromatic amines is 1. The largest absolute Gasteiger partial charge is 0.496 e. The number of urea groups is 1. The molecule has 2 aliphatic carbocycles. The van der Waals surface area contributed by atoms with Gasteiger partial charge in [-0.05, 0) is 59.2 Å². The second-order valence-electron chi connectivity index (χ2n) is 13.0. The maximum atomic E-state index is 14.6. The van der Waals surface area contributed by atoms with Crippen molar-refractivity contribution in [1.29, 1.82) is 0 Å². The first kappa shape index (κ1) is 29.6. The van der Waals surface area contributed by atoms with Crippen molar-refractivity contribution in [2.75, 3.05) is 27.7 Å². The van der Waals surface area contributed by atoms with E-state index in [9.17, 15) is 19.2 Å². The van der Waals surface area contributed by atoms with Crippen molar-refractivity contribution in [1.82, 2.24) is 20.1 Å². The minimum Gasteiger partial charge on any atom is -0.496 e. The van der Waals surface area contributed by atoms with Crippen LogP contribution in [0.2, 0.25) is 0 Å². The number of aromatic nitrogens is 1. The van der Waals surface area contributed by atoms with Gasteiger partial charge in [-0.3, -0.25) is 19.3 Å². The molecule has 1 spiro atoms. The van der Waals surface area contributed by atoms with Crippen LogP contribution in [0.15, 0.2) is 48.2 Å². The van der Waals surface area contributed by atoms with E-state index in [0.717, 1.165) is 16.0 Å². The van der Waals surface area contributed by atoms with E-state index in [0.29, 0.717) is 42.0 Å². The molecule has 1 unspecified atom stereocenters. The van der Waals surface area contributed by atoms with E-state index in [-0.39, 0.29) is 40.0 Å². The Morgan fingerprint density at radius 3 is 2.30 bits per heavy atom. The molecule has 1 fully saturated rings. The zero-order valence-electron chi connectivity index (χ0n) is 26.3. The summed E-state index contributed by atoms with van der Waals surface area (Å²) < 4.78 is 5.66. The van der Waals surface area contributed by atoms with Crippen molar-refractivity contribution in [2.24, 2.45) is 0 Å². The van der Waals surface area contributed by atoms with Gasteiger partial charge in [-0.1, -0.05) is 51.1 Å². The Bertz CT molecular complexity index is 1780. The van der Waals surface area contributed by atoms with E-state index >= 15 is 0 Å². The summed E-state index contributed by atoms with van der Waals surface area (Å²) in [6.07, 6.45) is 2.23. The molecule has 1 aliphatic heterocycles. The Morgan fingerprint density at radius 2 is 1.68 bits per heavy atom.